The Morgan fingerprint density at radius 3 is 2.33 bits per heavy atom. The molecule has 0 fully saturated rings. The Balaban J connectivity index is 2.86. The standard InChI is InChI=1S/C13H18N4O/c1-3-5-13(9-14,6-4-2)12(18)17-11-7-15-10-16-8-11/h7-8,10H,3-6H2,1-2H3,(H,17,18). The largest absolute Gasteiger partial charge is 0.322 e. The third kappa shape index (κ3) is 3.27. The van der Waals surface area contributed by atoms with Crippen molar-refractivity contribution in [1.82, 2.24) is 9.97 Å². The van der Waals surface area contributed by atoms with Crippen LogP contribution in [-0.2, 0) is 4.79 Å². The summed E-state index contributed by atoms with van der Waals surface area (Å²) in [6.07, 6.45) is 7.16. The minimum Gasteiger partial charge on any atom is -0.322 e. The van der Waals surface area contributed by atoms with Gasteiger partial charge in [-0.15, -0.1) is 0 Å². The SMILES string of the molecule is CCCC(C#N)(CCC)C(=O)Nc1cncnc1. The molecule has 1 amide bonds. The van der Waals surface area contributed by atoms with E-state index in [0.717, 1.165) is 12.8 Å². The highest BCUT2D eigenvalue weighted by Gasteiger charge is 2.36. The van der Waals surface area contributed by atoms with Crippen LogP contribution >= 0.6 is 0 Å². The summed E-state index contributed by atoms with van der Waals surface area (Å²) in [5, 5.41) is 12.1. The maximum absolute atomic E-state index is 12.3. The normalized spacial score (nSPS) is 10.7. The molecule has 0 saturated carbocycles. The fourth-order valence-electron chi connectivity index (χ4n) is 1.98. The van der Waals surface area contributed by atoms with Crippen molar-refractivity contribution in [2.75, 3.05) is 5.32 Å². The molecular weight excluding hydrogens is 228 g/mol. The molecule has 1 rings (SSSR count). The highest BCUT2D eigenvalue weighted by molar-refractivity contribution is 5.96. The summed E-state index contributed by atoms with van der Waals surface area (Å²) in [7, 11) is 0. The number of hydrogen-bond donors (Lipinski definition) is 1. The first-order valence-electron chi connectivity index (χ1n) is 6.16. The first-order valence-corrected chi connectivity index (χ1v) is 6.16. The van der Waals surface area contributed by atoms with Gasteiger partial charge in [-0.1, -0.05) is 26.7 Å². The molecule has 18 heavy (non-hydrogen) atoms. The summed E-state index contributed by atoms with van der Waals surface area (Å²) in [6, 6.07) is 2.18. The van der Waals surface area contributed by atoms with Gasteiger partial charge in [0.05, 0.1) is 24.2 Å². The van der Waals surface area contributed by atoms with E-state index in [1.165, 1.54) is 18.7 Å². The zero-order valence-electron chi connectivity index (χ0n) is 10.8. The predicted molar refractivity (Wildman–Crippen MR) is 68.5 cm³/mol. The van der Waals surface area contributed by atoms with Gasteiger partial charge in [-0.05, 0) is 12.8 Å². The van der Waals surface area contributed by atoms with Crippen molar-refractivity contribution in [3.05, 3.63) is 18.7 Å². The van der Waals surface area contributed by atoms with Crippen LogP contribution in [0.4, 0.5) is 5.69 Å². The van der Waals surface area contributed by atoms with E-state index >= 15 is 0 Å². The third-order valence-electron chi connectivity index (χ3n) is 2.82. The Morgan fingerprint density at radius 1 is 1.33 bits per heavy atom. The number of anilines is 1. The van der Waals surface area contributed by atoms with Crippen LogP contribution in [0.25, 0.3) is 0 Å². The van der Waals surface area contributed by atoms with Crippen LogP contribution in [0.5, 0.6) is 0 Å². The maximum atomic E-state index is 12.3. The third-order valence-corrected chi connectivity index (χ3v) is 2.82. The second-order valence-electron chi connectivity index (χ2n) is 4.28. The molecule has 0 aromatic carbocycles. The lowest BCUT2D eigenvalue weighted by molar-refractivity contribution is -0.123. The van der Waals surface area contributed by atoms with E-state index in [1.54, 1.807) is 0 Å². The van der Waals surface area contributed by atoms with Gasteiger partial charge in [0.15, 0.2) is 0 Å². The van der Waals surface area contributed by atoms with Crippen molar-refractivity contribution in [1.29, 1.82) is 5.26 Å². The van der Waals surface area contributed by atoms with Crippen LogP contribution in [-0.4, -0.2) is 15.9 Å². The number of nitrogens with zero attached hydrogens (tertiary/aromatic N) is 3. The van der Waals surface area contributed by atoms with Crippen molar-refractivity contribution < 1.29 is 4.79 Å². The van der Waals surface area contributed by atoms with Gasteiger partial charge in [0.1, 0.15) is 11.7 Å². The number of rotatable bonds is 6. The molecule has 0 spiro atoms. The number of amides is 1. The van der Waals surface area contributed by atoms with E-state index in [9.17, 15) is 10.1 Å². The first kappa shape index (κ1) is 14.1. The van der Waals surface area contributed by atoms with Gasteiger partial charge >= 0.3 is 0 Å². The summed E-state index contributed by atoms with van der Waals surface area (Å²) >= 11 is 0. The summed E-state index contributed by atoms with van der Waals surface area (Å²) in [5.74, 6) is -0.261. The summed E-state index contributed by atoms with van der Waals surface area (Å²) in [5.41, 5.74) is -0.423. The van der Waals surface area contributed by atoms with E-state index in [1.807, 2.05) is 13.8 Å². The molecule has 0 aliphatic rings. The van der Waals surface area contributed by atoms with Crippen molar-refractivity contribution in [3.8, 4) is 6.07 Å². The molecule has 0 unspecified atom stereocenters. The van der Waals surface area contributed by atoms with E-state index in [0.29, 0.717) is 18.5 Å². The van der Waals surface area contributed by atoms with E-state index in [4.69, 9.17) is 0 Å². The molecule has 0 saturated heterocycles. The molecule has 5 heteroatoms. The Labute approximate surface area is 107 Å². The Morgan fingerprint density at radius 2 is 1.89 bits per heavy atom. The molecule has 0 aliphatic heterocycles. The van der Waals surface area contributed by atoms with Crippen LogP contribution in [0.3, 0.4) is 0 Å². The molecule has 1 aromatic rings. The molecule has 1 heterocycles. The number of nitrogens with one attached hydrogen (secondary N) is 1. The van der Waals surface area contributed by atoms with Crippen molar-refractivity contribution in [2.24, 2.45) is 5.41 Å². The highest BCUT2D eigenvalue weighted by Crippen LogP contribution is 2.30. The molecular formula is C13H18N4O. The molecule has 96 valence electrons. The van der Waals surface area contributed by atoms with Gasteiger partial charge in [0.25, 0.3) is 0 Å². The number of carbonyl (C=O) groups excluding carboxylic acids is 1. The fourth-order valence-corrected chi connectivity index (χ4v) is 1.98. The fraction of sp³-hybridized carbons (Fsp3) is 0.538. The second kappa shape index (κ2) is 6.70. The quantitative estimate of drug-likeness (QED) is 0.836. The van der Waals surface area contributed by atoms with Crippen LogP contribution < -0.4 is 5.32 Å². The summed E-state index contributed by atoms with van der Waals surface area (Å²) < 4.78 is 0. The molecule has 5 nitrogen and oxygen atoms in total. The van der Waals surface area contributed by atoms with Crippen LogP contribution in [0.1, 0.15) is 39.5 Å². The zero-order chi connectivity index (χ0) is 13.4. The van der Waals surface area contributed by atoms with Gasteiger partial charge in [-0.25, -0.2) is 9.97 Å². The topological polar surface area (TPSA) is 78.7 Å². The average Bonchev–Trinajstić information content (AvgIpc) is 2.39. The molecule has 0 bridgehead atoms. The summed E-state index contributed by atoms with van der Waals surface area (Å²) in [6.45, 7) is 3.95. The molecule has 0 aliphatic carbocycles. The van der Waals surface area contributed by atoms with E-state index < -0.39 is 5.41 Å². The van der Waals surface area contributed by atoms with Crippen LogP contribution in [0, 0.1) is 16.7 Å². The Kier molecular flexibility index (Phi) is 5.25. The Bertz CT molecular complexity index is 418. The lowest BCUT2D eigenvalue weighted by atomic mass is 9.80. The minimum absolute atomic E-state index is 0.261. The van der Waals surface area contributed by atoms with Gasteiger partial charge in [0, 0.05) is 0 Å². The van der Waals surface area contributed by atoms with E-state index in [-0.39, 0.29) is 5.91 Å². The molecule has 1 N–H and O–H groups in total. The van der Waals surface area contributed by atoms with Gasteiger partial charge in [-0.3, -0.25) is 4.79 Å². The number of hydrogen-bond acceptors (Lipinski definition) is 4. The smallest absolute Gasteiger partial charge is 0.244 e. The average molecular weight is 246 g/mol. The van der Waals surface area contributed by atoms with Gasteiger partial charge < -0.3 is 5.32 Å². The zero-order valence-corrected chi connectivity index (χ0v) is 10.8. The van der Waals surface area contributed by atoms with Gasteiger partial charge in [0.2, 0.25) is 5.91 Å². The number of aromatic nitrogens is 2. The minimum atomic E-state index is -0.945. The molecule has 0 radical (unpaired) electrons. The van der Waals surface area contributed by atoms with Crippen LogP contribution in [0.15, 0.2) is 18.7 Å². The Hall–Kier alpha value is -1.96. The van der Waals surface area contributed by atoms with E-state index in [2.05, 4.69) is 21.4 Å². The van der Waals surface area contributed by atoms with Crippen LogP contribution in [0.2, 0.25) is 0 Å². The predicted octanol–water partition coefficient (Wildman–Crippen LogP) is 2.53. The highest BCUT2D eigenvalue weighted by atomic mass is 16.2. The van der Waals surface area contributed by atoms with Crippen molar-refractivity contribution >= 4 is 11.6 Å². The monoisotopic (exact) mass is 246 g/mol. The molecule has 0 atom stereocenters. The van der Waals surface area contributed by atoms with Crippen molar-refractivity contribution in [3.63, 3.8) is 0 Å². The van der Waals surface area contributed by atoms with Gasteiger partial charge in [-0.2, -0.15) is 5.26 Å². The summed E-state index contributed by atoms with van der Waals surface area (Å²) in [4.78, 5) is 19.9. The van der Waals surface area contributed by atoms with Crippen molar-refractivity contribution in [2.45, 2.75) is 39.5 Å². The second-order valence-corrected chi connectivity index (χ2v) is 4.28. The molecule has 1 aromatic heterocycles. The number of carbonyl (C=O) groups is 1. The lowest BCUT2D eigenvalue weighted by Crippen LogP contribution is -2.35. The lowest BCUT2D eigenvalue weighted by Gasteiger charge is -2.24. The number of nitriles is 1. The first-order chi connectivity index (χ1) is 8.68. The maximum Gasteiger partial charge on any atom is 0.244 e.